The number of aromatic nitrogens is 2. The van der Waals surface area contributed by atoms with Gasteiger partial charge in [-0.05, 0) is 31.0 Å². The van der Waals surface area contributed by atoms with E-state index in [1.54, 1.807) is 6.07 Å². The van der Waals surface area contributed by atoms with E-state index in [9.17, 15) is 9.18 Å². The van der Waals surface area contributed by atoms with Gasteiger partial charge in [-0.25, -0.2) is 9.37 Å². The molecule has 0 unspecified atom stereocenters. The van der Waals surface area contributed by atoms with Gasteiger partial charge in [0.2, 0.25) is 11.8 Å². The fourth-order valence-corrected chi connectivity index (χ4v) is 2.41. The summed E-state index contributed by atoms with van der Waals surface area (Å²) in [5, 5.41) is 6.20. The molecule has 0 radical (unpaired) electrons. The van der Waals surface area contributed by atoms with Gasteiger partial charge in [0, 0.05) is 17.7 Å². The average Bonchev–Trinajstić information content (AvgIpc) is 3.05. The van der Waals surface area contributed by atoms with Crippen molar-refractivity contribution >= 4 is 17.6 Å². The van der Waals surface area contributed by atoms with Crippen LogP contribution in [-0.2, 0) is 16.9 Å². The molecule has 4 N–H and O–H groups in total. The van der Waals surface area contributed by atoms with Gasteiger partial charge in [0.1, 0.15) is 5.69 Å². The number of alkyl halides is 1. The standard InChI is InChI=1S/C19H19FN4O2/c1-19(2,20)15-10-18(26-24-15)23-17(25)9-12-3-5-13(6-4-12)14-7-8-16(21)22-11-14/h3-8,10-11H,9H2,1-2H3,(H2,21,22)(H,23,25)/p+1. The summed E-state index contributed by atoms with van der Waals surface area (Å²) < 4.78 is 18.7. The predicted molar refractivity (Wildman–Crippen MR) is 95.8 cm³/mol. The number of nitrogen functional groups attached to an aromatic ring is 1. The third-order valence-corrected chi connectivity index (χ3v) is 3.87. The summed E-state index contributed by atoms with van der Waals surface area (Å²) in [6.07, 6.45) is 1.99. The summed E-state index contributed by atoms with van der Waals surface area (Å²) in [4.78, 5) is 15.1. The van der Waals surface area contributed by atoms with Crippen LogP contribution in [0.3, 0.4) is 0 Å². The number of anilines is 2. The van der Waals surface area contributed by atoms with E-state index < -0.39 is 5.67 Å². The van der Waals surface area contributed by atoms with Gasteiger partial charge >= 0.3 is 0 Å². The van der Waals surface area contributed by atoms with Crippen LogP contribution in [0.1, 0.15) is 25.1 Å². The molecule has 0 aliphatic heterocycles. The topological polar surface area (TPSA) is 95.3 Å². The zero-order valence-corrected chi connectivity index (χ0v) is 14.5. The summed E-state index contributed by atoms with van der Waals surface area (Å²) in [6, 6.07) is 12.7. The molecule has 1 amide bonds. The van der Waals surface area contributed by atoms with Gasteiger partial charge in [-0.2, -0.15) is 0 Å². The Morgan fingerprint density at radius 3 is 2.50 bits per heavy atom. The number of rotatable bonds is 5. The van der Waals surface area contributed by atoms with E-state index in [0.29, 0.717) is 5.82 Å². The van der Waals surface area contributed by atoms with E-state index in [1.807, 2.05) is 36.5 Å². The van der Waals surface area contributed by atoms with Crippen molar-refractivity contribution in [3.8, 4) is 11.1 Å². The monoisotopic (exact) mass is 355 g/mol. The molecule has 0 saturated heterocycles. The second-order valence-electron chi connectivity index (χ2n) is 6.50. The summed E-state index contributed by atoms with van der Waals surface area (Å²) in [5.41, 5.74) is 7.00. The quantitative estimate of drug-likeness (QED) is 0.735. The smallest absolute Gasteiger partial charge is 0.270 e. The Labute approximate surface area is 150 Å². The summed E-state index contributed by atoms with van der Waals surface area (Å²) in [6.45, 7) is 2.74. The minimum Gasteiger partial charge on any atom is -0.338 e. The number of carbonyl (C=O) groups excluding carboxylic acids is 1. The van der Waals surface area contributed by atoms with Crippen LogP contribution in [0.25, 0.3) is 11.1 Å². The number of benzene rings is 1. The van der Waals surface area contributed by atoms with E-state index in [0.717, 1.165) is 16.7 Å². The number of nitrogens with one attached hydrogen (secondary N) is 2. The summed E-state index contributed by atoms with van der Waals surface area (Å²) in [5.74, 6) is 0.455. The fourth-order valence-electron chi connectivity index (χ4n) is 2.41. The number of H-pyrrole nitrogens is 1. The number of amides is 1. The van der Waals surface area contributed by atoms with Crippen LogP contribution in [0, 0.1) is 0 Å². The molecule has 3 rings (SSSR count). The van der Waals surface area contributed by atoms with Gasteiger partial charge in [0.25, 0.3) is 5.82 Å². The Morgan fingerprint density at radius 2 is 1.92 bits per heavy atom. The molecular weight excluding hydrogens is 335 g/mol. The first kappa shape index (κ1) is 17.6. The molecule has 0 atom stereocenters. The molecule has 0 aliphatic rings. The molecule has 134 valence electrons. The van der Waals surface area contributed by atoms with Crippen molar-refractivity contribution in [3.63, 3.8) is 0 Å². The summed E-state index contributed by atoms with van der Waals surface area (Å²) in [7, 11) is 0. The number of carbonyl (C=O) groups is 1. The van der Waals surface area contributed by atoms with Crippen molar-refractivity contribution in [1.29, 1.82) is 0 Å². The Morgan fingerprint density at radius 1 is 1.23 bits per heavy atom. The lowest BCUT2D eigenvalue weighted by Gasteiger charge is -2.07. The zero-order chi connectivity index (χ0) is 18.7. The second-order valence-corrected chi connectivity index (χ2v) is 6.50. The van der Waals surface area contributed by atoms with Crippen molar-refractivity contribution < 1.29 is 18.7 Å². The molecule has 0 aliphatic carbocycles. The number of hydrogen-bond donors (Lipinski definition) is 2. The van der Waals surface area contributed by atoms with Crippen LogP contribution >= 0.6 is 0 Å². The molecule has 2 aromatic heterocycles. The number of nitrogens with zero attached hydrogens (tertiary/aromatic N) is 1. The van der Waals surface area contributed by atoms with Crippen molar-refractivity contribution in [2.75, 3.05) is 11.1 Å². The molecule has 26 heavy (non-hydrogen) atoms. The Kier molecular flexibility index (Phi) is 4.71. The Bertz CT molecular complexity index is 897. The lowest BCUT2D eigenvalue weighted by Crippen LogP contribution is -2.14. The molecule has 3 aromatic rings. The Hall–Kier alpha value is -3.22. The largest absolute Gasteiger partial charge is 0.338 e. The number of halogens is 1. The van der Waals surface area contributed by atoms with E-state index in [-0.39, 0.29) is 23.9 Å². The first-order valence-electron chi connectivity index (χ1n) is 8.14. The first-order chi connectivity index (χ1) is 12.3. The highest BCUT2D eigenvalue weighted by Crippen LogP contribution is 2.25. The maximum absolute atomic E-state index is 13.8. The number of nitrogens with two attached hydrogens (primary N) is 1. The lowest BCUT2D eigenvalue weighted by atomic mass is 10.0. The highest BCUT2D eigenvalue weighted by Gasteiger charge is 2.24. The molecule has 6 nitrogen and oxygen atoms in total. The zero-order valence-electron chi connectivity index (χ0n) is 14.5. The average molecular weight is 355 g/mol. The molecule has 0 spiro atoms. The molecule has 0 saturated carbocycles. The van der Waals surface area contributed by atoms with Crippen molar-refractivity contribution in [1.82, 2.24) is 5.16 Å². The van der Waals surface area contributed by atoms with Crippen molar-refractivity contribution in [2.45, 2.75) is 25.9 Å². The lowest BCUT2D eigenvalue weighted by molar-refractivity contribution is -0.359. The third-order valence-electron chi connectivity index (χ3n) is 3.87. The van der Waals surface area contributed by atoms with Gasteiger partial charge in [-0.1, -0.05) is 29.4 Å². The normalized spacial score (nSPS) is 11.3. The van der Waals surface area contributed by atoms with E-state index in [2.05, 4.69) is 15.5 Å². The Balaban J connectivity index is 1.62. The van der Waals surface area contributed by atoms with Crippen LogP contribution in [-0.4, -0.2) is 11.1 Å². The van der Waals surface area contributed by atoms with Gasteiger partial charge in [0.05, 0.1) is 12.6 Å². The highest BCUT2D eigenvalue weighted by molar-refractivity contribution is 5.91. The minimum absolute atomic E-state index is 0.129. The molecule has 0 bridgehead atoms. The second kappa shape index (κ2) is 6.95. The van der Waals surface area contributed by atoms with Crippen molar-refractivity contribution in [2.24, 2.45) is 0 Å². The molecule has 2 heterocycles. The van der Waals surface area contributed by atoms with Crippen LogP contribution in [0.2, 0.25) is 0 Å². The predicted octanol–water partition coefficient (Wildman–Crippen LogP) is 3.12. The van der Waals surface area contributed by atoms with E-state index in [4.69, 9.17) is 10.3 Å². The van der Waals surface area contributed by atoms with Gasteiger partial charge in [-0.3, -0.25) is 15.8 Å². The molecule has 7 heteroatoms. The van der Waals surface area contributed by atoms with Crippen LogP contribution in [0.5, 0.6) is 0 Å². The van der Waals surface area contributed by atoms with E-state index in [1.165, 1.54) is 19.9 Å². The van der Waals surface area contributed by atoms with Gasteiger partial charge in [0.15, 0.2) is 5.67 Å². The van der Waals surface area contributed by atoms with Gasteiger partial charge < -0.3 is 4.52 Å². The van der Waals surface area contributed by atoms with Crippen LogP contribution in [0.15, 0.2) is 53.2 Å². The number of hydrogen-bond acceptors (Lipinski definition) is 4. The maximum atomic E-state index is 13.8. The van der Waals surface area contributed by atoms with Crippen LogP contribution < -0.4 is 16.0 Å². The highest BCUT2D eigenvalue weighted by atomic mass is 19.1. The third kappa shape index (κ3) is 4.24. The molecule has 0 fully saturated rings. The van der Waals surface area contributed by atoms with Gasteiger partial charge in [-0.15, -0.1) is 0 Å². The molecule has 1 aromatic carbocycles. The first-order valence-corrected chi connectivity index (χ1v) is 8.14. The van der Waals surface area contributed by atoms with Crippen molar-refractivity contribution in [3.05, 3.63) is 59.9 Å². The molecular formula is C19H20FN4O2+. The summed E-state index contributed by atoms with van der Waals surface area (Å²) >= 11 is 0. The minimum atomic E-state index is -1.62. The number of pyridine rings is 1. The van der Waals surface area contributed by atoms with E-state index >= 15 is 0 Å². The SMILES string of the molecule is CC(C)(F)c1cc(NC(=O)Cc2ccc(-c3ccc(N)[nH+]c3)cc2)on1. The fraction of sp³-hybridized carbons (Fsp3) is 0.211. The van der Waals surface area contributed by atoms with Crippen LogP contribution in [0.4, 0.5) is 16.1 Å². The number of aromatic amines is 1. The maximum Gasteiger partial charge on any atom is 0.270 e.